The van der Waals surface area contributed by atoms with Crippen LogP contribution in [0.15, 0.2) is 42.5 Å². The van der Waals surface area contributed by atoms with Crippen LogP contribution in [-0.4, -0.2) is 30.9 Å². The molecule has 136 valence electrons. The smallest absolute Gasteiger partial charge is 0.414 e. The standard InChI is InChI=1S/C18H16Cl2N2O3S/c19-13-6-5-12(14(20)9-13)10-26-11-17(23)21-15-3-1-2-4-16(15)22-7-8-25-18(22)24/h1-6,9H,7-8,10-11H2,(H,21,23). The van der Waals surface area contributed by atoms with Gasteiger partial charge in [-0.1, -0.05) is 41.4 Å². The molecule has 0 aromatic heterocycles. The second-order valence-electron chi connectivity index (χ2n) is 5.56. The summed E-state index contributed by atoms with van der Waals surface area (Å²) in [6.07, 6.45) is -0.404. The van der Waals surface area contributed by atoms with Gasteiger partial charge in [-0.25, -0.2) is 4.79 Å². The van der Waals surface area contributed by atoms with E-state index in [1.54, 1.807) is 30.3 Å². The first-order chi connectivity index (χ1) is 12.5. The van der Waals surface area contributed by atoms with E-state index in [-0.39, 0.29) is 11.7 Å². The van der Waals surface area contributed by atoms with Crippen molar-refractivity contribution in [2.45, 2.75) is 5.75 Å². The van der Waals surface area contributed by atoms with Crippen molar-refractivity contribution in [1.82, 2.24) is 0 Å². The van der Waals surface area contributed by atoms with E-state index in [0.29, 0.717) is 40.3 Å². The molecule has 0 unspecified atom stereocenters. The predicted octanol–water partition coefficient (Wildman–Crippen LogP) is 4.82. The monoisotopic (exact) mass is 410 g/mol. The van der Waals surface area contributed by atoms with Crippen molar-refractivity contribution >= 4 is 58.3 Å². The number of carbonyl (C=O) groups excluding carboxylic acids is 2. The van der Waals surface area contributed by atoms with E-state index >= 15 is 0 Å². The lowest BCUT2D eigenvalue weighted by molar-refractivity contribution is -0.113. The molecule has 2 aromatic carbocycles. The van der Waals surface area contributed by atoms with E-state index in [1.165, 1.54) is 16.7 Å². The molecule has 0 atom stereocenters. The van der Waals surface area contributed by atoms with Crippen LogP contribution in [0.5, 0.6) is 0 Å². The van der Waals surface area contributed by atoms with E-state index < -0.39 is 6.09 Å². The molecular formula is C18H16Cl2N2O3S. The third-order valence-corrected chi connectivity index (χ3v) is 5.30. The number of nitrogens with zero attached hydrogens (tertiary/aromatic N) is 1. The minimum Gasteiger partial charge on any atom is -0.447 e. The van der Waals surface area contributed by atoms with Crippen LogP contribution in [0.4, 0.5) is 16.2 Å². The van der Waals surface area contributed by atoms with Crippen LogP contribution in [0.2, 0.25) is 10.0 Å². The van der Waals surface area contributed by atoms with Crippen LogP contribution < -0.4 is 10.2 Å². The van der Waals surface area contributed by atoms with Crippen LogP contribution in [-0.2, 0) is 15.3 Å². The zero-order chi connectivity index (χ0) is 18.5. The molecule has 3 rings (SSSR count). The van der Waals surface area contributed by atoms with E-state index in [2.05, 4.69) is 5.32 Å². The van der Waals surface area contributed by atoms with E-state index in [4.69, 9.17) is 27.9 Å². The Kier molecular flexibility index (Phi) is 6.29. The van der Waals surface area contributed by atoms with Gasteiger partial charge in [0, 0.05) is 15.8 Å². The van der Waals surface area contributed by atoms with Crippen LogP contribution in [0.3, 0.4) is 0 Å². The SMILES string of the molecule is O=C(CSCc1ccc(Cl)cc1Cl)Nc1ccccc1N1CCOC1=O. The molecule has 2 amide bonds. The van der Waals surface area contributed by atoms with Crippen molar-refractivity contribution in [2.24, 2.45) is 0 Å². The Balaban J connectivity index is 1.58. The summed E-state index contributed by atoms with van der Waals surface area (Å²) in [7, 11) is 0. The Morgan fingerprint density at radius 2 is 2.04 bits per heavy atom. The summed E-state index contributed by atoms with van der Waals surface area (Å²) >= 11 is 13.5. The minimum absolute atomic E-state index is 0.153. The van der Waals surface area contributed by atoms with Crippen molar-refractivity contribution in [3.63, 3.8) is 0 Å². The topological polar surface area (TPSA) is 58.6 Å². The molecule has 8 heteroatoms. The number of cyclic esters (lactones) is 1. The zero-order valence-corrected chi connectivity index (χ0v) is 16.0. The fourth-order valence-electron chi connectivity index (χ4n) is 2.51. The lowest BCUT2D eigenvalue weighted by Gasteiger charge is -2.17. The highest BCUT2D eigenvalue weighted by atomic mass is 35.5. The molecule has 1 N–H and O–H groups in total. The molecule has 1 saturated heterocycles. The first kappa shape index (κ1) is 18.9. The Morgan fingerprint density at radius 1 is 1.23 bits per heavy atom. The lowest BCUT2D eigenvalue weighted by atomic mass is 10.2. The summed E-state index contributed by atoms with van der Waals surface area (Å²) in [5.41, 5.74) is 2.14. The van der Waals surface area contributed by atoms with Crippen molar-refractivity contribution < 1.29 is 14.3 Å². The van der Waals surface area contributed by atoms with Crippen molar-refractivity contribution in [1.29, 1.82) is 0 Å². The number of thioether (sulfide) groups is 1. The van der Waals surface area contributed by atoms with Gasteiger partial charge >= 0.3 is 6.09 Å². The number of benzene rings is 2. The Hall–Kier alpha value is -1.89. The van der Waals surface area contributed by atoms with Gasteiger partial charge in [-0.2, -0.15) is 0 Å². The first-order valence-electron chi connectivity index (χ1n) is 7.89. The Labute approximate surface area is 165 Å². The maximum atomic E-state index is 12.3. The number of para-hydroxylation sites is 2. The molecule has 1 heterocycles. The summed E-state index contributed by atoms with van der Waals surface area (Å²) in [6.45, 7) is 0.814. The Bertz CT molecular complexity index is 832. The van der Waals surface area contributed by atoms with Crippen molar-refractivity contribution in [2.75, 3.05) is 29.1 Å². The van der Waals surface area contributed by atoms with Crippen LogP contribution >= 0.6 is 35.0 Å². The van der Waals surface area contributed by atoms with Gasteiger partial charge in [0.05, 0.1) is 23.7 Å². The first-order valence-corrected chi connectivity index (χ1v) is 9.80. The zero-order valence-electron chi connectivity index (χ0n) is 13.7. The van der Waals surface area contributed by atoms with Gasteiger partial charge in [0.2, 0.25) is 5.91 Å². The highest BCUT2D eigenvalue weighted by molar-refractivity contribution is 7.99. The highest BCUT2D eigenvalue weighted by Crippen LogP contribution is 2.28. The predicted molar refractivity (Wildman–Crippen MR) is 106 cm³/mol. The number of ether oxygens (including phenoxy) is 1. The molecule has 1 aliphatic rings. The summed E-state index contributed by atoms with van der Waals surface area (Å²) in [5, 5.41) is 4.02. The molecule has 26 heavy (non-hydrogen) atoms. The second kappa shape index (κ2) is 8.66. The summed E-state index contributed by atoms with van der Waals surface area (Å²) in [5.74, 6) is 0.710. The fraction of sp³-hybridized carbons (Fsp3) is 0.222. The molecule has 0 spiro atoms. The largest absolute Gasteiger partial charge is 0.447 e. The Morgan fingerprint density at radius 3 is 2.77 bits per heavy atom. The number of halogens is 2. The highest BCUT2D eigenvalue weighted by Gasteiger charge is 2.25. The molecule has 0 saturated carbocycles. The number of rotatable bonds is 6. The molecule has 0 radical (unpaired) electrons. The molecular weight excluding hydrogens is 395 g/mol. The van der Waals surface area contributed by atoms with Crippen molar-refractivity contribution in [3.8, 4) is 0 Å². The normalized spacial score (nSPS) is 13.6. The number of amides is 2. The maximum absolute atomic E-state index is 12.3. The molecule has 1 fully saturated rings. The van der Waals surface area contributed by atoms with Crippen LogP contribution in [0.1, 0.15) is 5.56 Å². The molecule has 5 nitrogen and oxygen atoms in total. The third-order valence-electron chi connectivity index (χ3n) is 3.74. The van der Waals surface area contributed by atoms with E-state index in [1.807, 2.05) is 12.1 Å². The average molecular weight is 411 g/mol. The van der Waals surface area contributed by atoms with Crippen LogP contribution in [0.25, 0.3) is 0 Å². The average Bonchev–Trinajstić information content (AvgIpc) is 3.03. The minimum atomic E-state index is -0.404. The van der Waals surface area contributed by atoms with Gasteiger partial charge in [-0.05, 0) is 29.8 Å². The molecule has 0 aliphatic carbocycles. The number of hydrogen-bond donors (Lipinski definition) is 1. The summed E-state index contributed by atoms with van der Waals surface area (Å²) in [4.78, 5) is 25.5. The fourth-order valence-corrected chi connectivity index (χ4v) is 3.89. The van der Waals surface area contributed by atoms with Gasteiger partial charge < -0.3 is 10.1 Å². The summed E-state index contributed by atoms with van der Waals surface area (Å²) in [6, 6.07) is 12.5. The molecule has 1 aliphatic heterocycles. The van der Waals surface area contributed by atoms with Gasteiger partial charge in [0.25, 0.3) is 0 Å². The van der Waals surface area contributed by atoms with Gasteiger partial charge in [0.1, 0.15) is 6.61 Å². The second-order valence-corrected chi connectivity index (χ2v) is 7.39. The van der Waals surface area contributed by atoms with Gasteiger partial charge in [-0.3, -0.25) is 9.69 Å². The van der Waals surface area contributed by atoms with Gasteiger partial charge in [-0.15, -0.1) is 11.8 Å². The molecule has 2 aromatic rings. The number of hydrogen-bond acceptors (Lipinski definition) is 4. The number of anilines is 2. The third kappa shape index (κ3) is 4.63. The van der Waals surface area contributed by atoms with E-state index in [0.717, 1.165) is 5.56 Å². The lowest BCUT2D eigenvalue weighted by Crippen LogP contribution is -2.25. The van der Waals surface area contributed by atoms with Crippen LogP contribution in [0, 0.1) is 0 Å². The van der Waals surface area contributed by atoms with Gasteiger partial charge in [0.15, 0.2) is 0 Å². The maximum Gasteiger partial charge on any atom is 0.414 e. The van der Waals surface area contributed by atoms with E-state index in [9.17, 15) is 9.59 Å². The quantitative estimate of drug-likeness (QED) is 0.741. The summed E-state index contributed by atoms with van der Waals surface area (Å²) < 4.78 is 4.96. The number of carbonyl (C=O) groups is 2. The number of nitrogens with one attached hydrogen (secondary N) is 1. The molecule has 0 bridgehead atoms. The van der Waals surface area contributed by atoms with Crippen molar-refractivity contribution in [3.05, 3.63) is 58.1 Å².